The summed E-state index contributed by atoms with van der Waals surface area (Å²) in [4.78, 5) is 2.84. The third kappa shape index (κ3) is 1.18. The fourth-order valence-corrected chi connectivity index (χ4v) is 4.12. The summed E-state index contributed by atoms with van der Waals surface area (Å²) < 4.78 is 0. The van der Waals surface area contributed by atoms with Crippen LogP contribution in [0.3, 0.4) is 0 Å². The van der Waals surface area contributed by atoms with Gasteiger partial charge >= 0.3 is 0 Å². The van der Waals surface area contributed by atoms with Gasteiger partial charge in [-0.2, -0.15) is 0 Å². The van der Waals surface area contributed by atoms with Gasteiger partial charge in [0.1, 0.15) is 0 Å². The Bertz CT molecular complexity index is 221. The van der Waals surface area contributed by atoms with Gasteiger partial charge in [0.05, 0.1) is 0 Å². The molecule has 0 aromatic rings. The Morgan fingerprint density at radius 3 is 2.14 bits per heavy atom. The second-order valence-electron chi connectivity index (χ2n) is 6.24. The van der Waals surface area contributed by atoms with Crippen molar-refractivity contribution in [1.29, 1.82) is 0 Å². The van der Waals surface area contributed by atoms with Crippen LogP contribution in [0.5, 0.6) is 0 Å². The molecule has 3 saturated carbocycles. The van der Waals surface area contributed by atoms with Crippen molar-refractivity contribution < 1.29 is 0 Å². The molecule has 1 aliphatic heterocycles. The Morgan fingerprint density at radius 1 is 1.00 bits per heavy atom. The molecule has 4 fully saturated rings. The fraction of sp³-hybridized carbons (Fsp3) is 1.00. The minimum atomic E-state index is 0.699. The highest BCUT2D eigenvalue weighted by molar-refractivity contribution is 5.11. The van der Waals surface area contributed by atoms with E-state index in [1.54, 1.807) is 0 Å². The molecule has 0 N–H and O–H groups in total. The highest BCUT2D eigenvalue weighted by Crippen LogP contribution is 2.58. The van der Waals surface area contributed by atoms with Crippen molar-refractivity contribution in [2.75, 3.05) is 13.1 Å². The van der Waals surface area contributed by atoms with Crippen LogP contribution < -0.4 is 0 Å². The highest BCUT2D eigenvalue weighted by Gasteiger charge is 2.57. The van der Waals surface area contributed by atoms with Crippen LogP contribution in [0.1, 0.15) is 46.0 Å². The van der Waals surface area contributed by atoms with E-state index in [2.05, 4.69) is 18.7 Å². The molecule has 1 saturated heterocycles. The number of rotatable bonds is 1. The molecule has 14 heavy (non-hydrogen) atoms. The standard InChI is InChI=1S/C13H23N/c1-10-3-5-14(6-4-10)13-7-11(2)12(8-13)9-13/h10-12H,3-9H2,1-2H3. The molecule has 1 nitrogen and oxygen atoms in total. The predicted molar refractivity (Wildman–Crippen MR) is 59.2 cm³/mol. The minimum Gasteiger partial charge on any atom is -0.298 e. The molecule has 3 aliphatic carbocycles. The van der Waals surface area contributed by atoms with Crippen LogP contribution in [-0.2, 0) is 0 Å². The Hall–Kier alpha value is -0.0400. The zero-order valence-electron chi connectivity index (χ0n) is 9.63. The van der Waals surface area contributed by atoms with Crippen LogP contribution in [0, 0.1) is 17.8 Å². The lowest BCUT2D eigenvalue weighted by molar-refractivity contribution is 0.00216. The van der Waals surface area contributed by atoms with Crippen LogP contribution in [0.15, 0.2) is 0 Å². The molecule has 0 aromatic heterocycles. The van der Waals surface area contributed by atoms with Gasteiger partial charge in [0.2, 0.25) is 0 Å². The first-order valence-electron chi connectivity index (χ1n) is 6.45. The van der Waals surface area contributed by atoms with Crippen LogP contribution in [0.4, 0.5) is 0 Å². The Morgan fingerprint density at radius 2 is 1.64 bits per heavy atom. The number of piperidine rings is 1. The second-order valence-corrected chi connectivity index (χ2v) is 6.24. The molecule has 1 unspecified atom stereocenters. The number of likely N-dealkylation sites (tertiary alicyclic amines) is 1. The molecule has 0 spiro atoms. The molecule has 0 radical (unpaired) electrons. The van der Waals surface area contributed by atoms with Gasteiger partial charge in [0.25, 0.3) is 0 Å². The lowest BCUT2D eigenvalue weighted by atomic mass is 9.74. The first-order chi connectivity index (χ1) is 6.70. The topological polar surface area (TPSA) is 3.24 Å². The number of hydrogen-bond donors (Lipinski definition) is 0. The van der Waals surface area contributed by atoms with Crippen molar-refractivity contribution in [3.05, 3.63) is 0 Å². The minimum absolute atomic E-state index is 0.699. The quantitative estimate of drug-likeness (QED) is 0.619. The molecule has 0 amide bonds. The molecular formula is C13H23N. The van der Waals surface area contributed by atoms with Crippen LogP contribution in [0.2, 0.25) is 0 Å². The van der Waals surface area contributed by atoms with Gasteiger partial charge < -0.3 is 0 Å². The van der Waals surface area contributed by atoms with E-state index in [1.165, 1.54) is 45.2 Å². The van der Waals surface area contributed by atoms with Crippen molar-refractivity contribution in [2.45, 2.75) is 51.5 Å². The smallest absolute Gasteiger partial charge is 0.0217 e. The van der Waals surface area contributed by atoms with Crippen molar-refractivity contribution in [1.82, 2.24) is 4.90 Å². The summed E-state index contributed by atoms with van der Waals surface area (Å²) >= 11 is 0. The third-order valence-corrected chi connectivity index (χ3v) is 5.25. The molecule has 1 atom stereocenters. The van der Waals surface area contributed by atoms with Gasteiger partial charge in [-0.3, -0.25) is 4.90 Å². The summed E-state index contributed by atoms with van der Waals surface area (Å²) in [5, 5.41) is 0. The van der Waals surface area contributed by atoms with E-state index in [1.807, 2.05) is 0 Å². The zero-order valence-corrected chi connectivity index (χ0v) is 9.63. The van der Waals surface area contributed by atoms with Gasteiger partial charge in [0, 0.05) is 5.54 Å². The van der Waals surface area contributed by atoms with Gasteiger partial charge in [-0.1, -0.05) is 13.8 Å². The lowest BCUT2D eigenvalue weighted by Gasteiger charge is -2.50. The Labute approximate surface area is 87.9 Å². The van der Waals surface area contributed by atoms with E-state index in [-0.39, 0.29) is 0 Å². The lowest BCUT2D eigenvalue weighted by Crippen LogP contribution is -2.54. The number of hydrogen-bond acceptors (Lipinski definition) is 1. The van der Waals surface area contributed by atoms with E-state index in [9.17, 15) is 0 Å². The maximum atomic E-state index is 2.84. The number of nitrogens with zero attached hydrogens (tertiary/aromatic N) is 1. The molecular weight excluding hydrogens is 170 g/mol. The van der Waals surface area contributed by atoms with Crippen LogP contribution in [-0.4, -0.2) is 23.5 Å². The van der Waals surface area contributed by atoms with Crippen molar-refractivity contribution in [3.63, 3.8) is 0 Å². The summed E-state index contributed by atoms with van der Waals surface area (Å²) in [5.74, 6) is 3.10. The first kappa shape index (κ1) is 9.21. The summed E-state index contributed by atoms with van der Waals surface area (Å²) in [7, 11) is 0. The molecule has 4 aliphatic rings. The first-order valence-corrected chi connectivity index (χ1v) is 6.45. The van der Waals surface area contributed by atoms with E-state index in [0.29, 0.717) is 5.54 Å². The summed E-state index contributed by atoms with van der Waals surface area (Å²) in [6.45, 7) is 7.66. The molecule has 80 valence electrons. The predicted octanol–water partition coefficient (Wildman–Crippen LogP) is 2.91. The summed E-state index contributed by atoms with van der Waals surface area (Å²) in [6, 6.07) is 0. The molecule has 2 bridgehead atoms. The van der Waals surface area contributed by atoms with E-state index < -0.39 is 0 Å². The SMILES string of the molecule is CC1CCN(C23CC(C)C(C2)C3)CC1. The largest absolute Gasteiger partial charge is 0.298 e. The highest BCUT2D eigenvalue weighted by atomic mass is 15.2. The van der Waals surface area contributed by atoms with Crippen molar-refractivity contribution in [2.24, 2.45) is 17.8 Å². The third-order valence-electron chi connectivity index (χ3n) is 5.25. The Kier molecular flexibility index (Phi) is 1.96. The fourth-order valence-electron chi connectivity index (χ4n) is 4.12. The van der Waals surface area contributed by atoms with Gasteiger partial charge in [0.15, 0.2) is 0 Å². The summed E-state index contributed by atoms with van der Waals surface area (Å²) in [6.07, 6.45) is 7.46. The average molecular weight is 193 g/mol. The normalized spacial score (nSPS) is 49.3. The monoisotopic (exact) mass is 193 g/mol. The number of fused-ring (bicyclic) bond motifs is 1. The molecule has 1 heteroatoms. The maximum Gasteiger partial charge on any atom is 0.0217 e. The van der Waals surface area contributed by atoms with Gasteiger partial charge in [-0.25, -0.2) is 0 Å². The van der Waals surface area contributed by atoms with Crippen LogP contribution >= 0.6 is 0 Å². The maximum absolute atomic E-state index is 2.84. The second kappa shape index (κ2) is 2.98. The van der Waals surface area contributed by atoms with E-state index in [0.717, 1.165) is 17.8 Å². The van der Waals surface area contributed by atoms with Crippen LogP contribution in [0.25, 0.3) is 0 Å². The van der Waals surface area contributed by atoms with Crippen molar-refractivity contribution in [3.8, 4) is 0 Å². The van der Waals surface area contributed by atoms with Gasteiger partial charge in [-0.05, 0) is 62.9 Å². The average Bonchev–Trinajstić information content (AvgIpc) is 2.58. The van der Waals surface area contributed by atoms with E-state index in [4.69, 9.17) is 0 Å². The van der Waals surface area contributed by atoms with Crippen molar-refractivity contribution >= 4 is 0 Å². The Balaban J connectivity index is 1.67. The zero-order chi connectivity index (χ0) is 9.76. The molecule has 1 heterocycles. The molecule has 0 aromatic carbocycles. The summed E-state index contributed by atoms with van der Waals surface area (Å²) in [5.41, 5.74) is 0.699. The van der Waals surface area contributed by atoms with E-state index >= 15 is 0 Å². The molecule has 4 rings (SSSR count). The van der Waals surface area contributed by atoms with Gasteiger partial charge in [-0.15, -0.1) is 0 Å².